The summed E-state index contributed by atoms with van der Waals surface area (Å²) in [6.07, 6.45) is 2.72. The van der Waals surface area contributed by atoms with E-state index in [2.05, 4.69) is 5.32 Å². The van der Waals surface area contributed by atoms with Crippen molar-refractivity contribution in [3.05, 3.63) is 42.5 Å². The lowest BCUT2D eigenvalue weighted by Crippen LogP contribution is -2.35. The second-order valence-corrected chi connectivity index (χ2v) is 10.6. The molecule has 1 aliphatic heterocycles. The molecule has 1 saturated heterocycles. The monoisotopic (exact) mass is 464 g/mol. The number of hydrogen-bond donors (Lipinski definition) is 1. The summed E-state index contributed by atoms with van der Waals surface area (Å²) in [5.74, 6) is 0.804. The van der Waals surface area contributed by atoms with Crippen molar-refractivity contribution in [2.24, 2.45) is 0 Å². The number of sulfonamides is 1. The van der Waals surface area contributed by atoms with Crippen LogP contribution < -0.4 is 14.8 Å². The number of carbonyl (C=O) groups excluding carboxylic acids is 1. The highest BCUT2D eigenvalue weighted by molar-refractivity contribution is 8.00. The molecule has 0 bridgehead atoms. The van der Waals surface area contributed by atoms with Crippen molar-refractivity contribution in [3.63, 3.8) is 0 Å². The highest BCUT2D eigenvalue weighted by atomic mass is 32.2. The van der Waals surface area contributed by atoms with Gasteiger partial charge in [0.2, 0.25) is 15.9 Å². The smallest absolute Gasteiger partial charge is 0.246 e. The van der Waals surface area contributed by atoms with Gasteiger partial charge in [0.1, 0.15) is 16.4 Å². The zero-order valence-electron chi connectivity index (χ0n) is 18.0. The second-order valence-electron chi connectivity index (χ2n) is 7.26. The fourth-order valence-corrected chi connectivity index (χ4v) is 5.92. The van der Waals surface area contributed by atoms with Crippen LogP contribution >= 0.6 is 11.8 Å². The normalized spacial score (nSPS) is 15.8. The first-order valence-electron chi connectivity index (χ1n) is 10.1. The fraction of sp³-hybridized carbons (Fsp3) is 0.409. The Hall–Kier alpha value is -2.23. The van der Waals surface area contributed by atoms with E-state index in [-0.39, 0.29) is 21.8 Å². The van der Waals surface area contributed by atoms with Gasteiger partial charge in [-0.05, 0) is 62.2 Å². The van der Waals surface area contributed by atoms with Crippen LogP contribution in [0, 0.1) is 0 Å². The summed E-state index contributed by atoms with van der Waals surface area (Å²) < 4.78 is 38.2. The van der Waals surface area contributed by atoms with Crippen LogP contribution in [0.1, 0.15) is 26.2 Å². The third kappa shape index (κ3) is 5.72. The minimum atomic E-state index is -3.70. The van der Waals surface area contributed by atoms with Crippen LogP contribution in [-0.4, -0.2) is 51.2 Å². The SMILES string of the molecule is COc1ccc(S[C@@H](C)C(=O)Nc2ccc(OC)c(S(=O)(=O)N3CCCCC3)c2)cc1. The van der Waals surface area contributed by atoms with E-state index in [0.717, 1.165) is 29.9 Å². The molecule has 3 rings (SSSR count). The zero-order valence-corrected chi connectivity index (χ0v) is 19.6. The summed E-state index contributed by atoms with van der Waals surface area (Å²) in [5.41, 5.74) is 0.420. The first-order chi connectivity index (χ1) is 14.8. The van der Waals surface area contributed by atoms with Crippen LogP contribution in [0.25, 0.3) is 0 Å². The molecule has 2 aromatic rings. The van der Waals surface area contributed by atoms with Gasteiger partial charge in [0.05, 0.1) is 19.5 Å². The number of rotatable bonds is 8. The maximum atomic E-state index is 13.2. The van der Waals surface area contributed by atoms with E-state index in [1.807, 2.05) is 24.3 Å². The lowest BCUT2D eigenvalue weighted by molar-refractivity contribution is -0.115. The van der Waals surface area contributed by atoms with E-state index in [0.29, 0.717) is 18.8 Å². The molecule has 1 fully saturated rings. The minimum absolute atomic E-state index is 0.0742. The number of methoxy groups -OCH3 is 2. The number of amides is 1. The number of hydrogen-bond acceptors (Lipinski definition) is 6. The molecule has 2 aromatic carbocycles. The predicted octanol–water partition coefficient (Wildman–Crippen LogP) is 4.00. The van der Waals surface area contributed by atoms with E-state index in [4.69, 9.17) is 9.47 Å². The molecule has 0 radical (unpaired) electrons. The van der Waals surface area contributed by atoms with Crippen molar-refractivity contribution in [3.8, 4) is 11.5 Å². The molecule has 0 saturated carbocycles. The summed E-state index contributed by atoms with van der Waals surface area (Å²) in [4.78, 5) is 13.7. The summed E-state index contributed by atoms with van der Waals surface area (Å²) in [6.45, 7) is 2.80. The first kappa shape index (κ1) is 23.4. The van der Waals surface area contributed by atoms with E-state index in [1.165, 1.54) is 29.2 Å². The van der Waals surface area contributed by atoms with Gasteiger partial charge in [-0.3, -0.25) is 4.79 Å². The Balaban J connectivity index is 1.74. The van der Waals surface area contributed by atoms with Gasteiger partial charge in [-0.25, -0.2) is 8.42 Å². The summed E-state index contributed by atoms with van der Waals surface area (Å²) in [6, 6.07) is 12.2. The maximum absolute atomic E-state index is 13.2. The standard InChI is InChI=1S/C22H28N2O5S2/c1-16(30-19-10-8-18(28-2)9-11-19)22(25)23-17-7-12-20(29-3)21(15-17)31(26,27)24-13-5-4-6-14-24/h7-12,15-16H,4-6,13-14H2,1-3H3,(H,23,25)/t16-/m0/s1. The van der Waals surface area contributed by atoms with Crippen molar-refractivity contribution in [1.29, 1.82) is 0 Å². The number of thioether (sulfide) groups is 1. The molecule has 1 N–H and O–H groups in total. The Morgan fingerprint density at radius 1 is 1.03 bits per heavy atom. The maximum Gasteiger partial charge on any atom is 0.246 e. The van der Waals surface area contributed by atoms with Gasteiger partial charge in [0, 0.05) is 23.7 Å². The van der Waals surface area contributed by atoms with Gasteiger partial charge in [-0.15, -0.1) is 11.8 Å². The summed E-state index contributed by atoms with van der Waals surface area (Å²) in [7, 11) is -0.654. The summed E-state index contributed by atoms with van der Waals surface area (Å²) >= 11 is 1.41. The van der Waals surface area contributed by atoms with Gasteiger partial charge in [-0.2, -0.15) is 4.31 Å². The average Bonchev–Trinajstić information content (AvgIpc) is 2.80. The van der Waals surface area contributed by atoms with Crippen molar-refractivity contribution in [2.75, 3.05) is 32.6 Å². The molecular weight excluding hydrogens is 436 g/mol. The highest BCUT2D eigenvalue weighted by Gasteiger charge is 2.29. The Morgan fingerprint density at radius 2 is 1.71 bits per heavy atom. The summed E-state index contributed by atoms with van der Waals surface area (Å²) in [5, 5.41) is 2.45. The largest absolute Gasteiger partial charge is 0.497 e. The number of piperidine rings is 1. The molecule has 7 nitrogen and oxygen atoms in total. The fourth-order valence-electron chi connectivity index (χ4n) is 3.36. The minimum Gasteiger partial charge on any atom is -0.497 e. The number of benzene rings is 2. The zero-order chi connectivity index (χ0) is 22.4. The average molecular weight is 465 g/mol. The molecule has 0 aromatic heterocycles. The Kier molecular flexibility index (Phi) is 7.85. The number of ether oxygens (including phenoxy) is 2. The van der Waals surface area contributed by atoms with Crippen molar-refractivity contribution in [2.45, 2.75) is 41.2 Å². The van der Waals surface area contributed by atoms with Crippen LogP contribution in [0.5, 0.6) is 11.5 Å². The molecule has 1 atom stereocenters. The Labute approximate surface area is 188 Å². The number of nitrogens with zero attached hydrogens (tertiary/aromatic N) is 1. The second kappa shape index (κ2) is 10.4. The molecule has 0 unspecified atom stereocenters. The van der Waals surface area contributed by atoms with Gasteiger partial charge in [-0.1, -0.05) is 6.42 Å². The van der Waals surface area contributed by atoms with Gasteiger partial charge < -0.3 is 14.8 Å². The molecule has 0 spiro atoms. The van der Waals surface area contributed by atoms with Gasteiger partial charge in [0.15, 0.2) is 0 Å². The van der Waals surface area contributed by atoms with E-state index in [9.17, 15) is 13.2 Å². The van der Waals surface area contributed by atoms with Crippen LogP contribution in [-0.2, 0) is 14.8 Å². The molecule has 0 aliphatic carbocycles. The van der Waals surface area contributed by atoms with Crippen LogP contribution in [0.15, 0.2) is 52.3 Å². The van der Waals surface area contributed by atoms with Crippen molar-refractivity contribution < 1.29 is 22.7 Å². The number of nitrogens with one attached hydrogen (secondary N) is 1. The van der Waals surface area contributed by atoms with Crippen molar-refractivity contribution in [1.82, 2.24) is 4.31 Å². The van der Waals surface area contributed by atoms with Gasteiger partial charge in [0.25, 0.3) is 0 Å². The third-order valence-corrected chi connectivity index (χ3v) is 8.14. The molecule has 9 heteroatoms. The highest BCUT2D eigenvalue weighted by Crippen LogP contribution is 2.32. The Morgan fingerprint density at radius 3 is 2.32 bits per heavy atom. The van der Waals surface area contributed by atoms with Crippen LogP contribution in [0.3, 0.4) is 0 Å². The van der Waals surface area contributed by atoms with Crippen molar-refractivity contribution >= 4 is 33.4 Å². The molecule has 1 aliphatic rings. The molecule has 168 valence electrons. The van der Waals surface area contributed by atoms with Crippen LogP contribution in [0.4, 0.5) is 5.69 Å². The third-order valence-electron chi connectivity index (χ3n) is 5.11. The lowest BCUT2D eigenvalue weighted by atomic mass is 10.2. The number of carbonyl (C=O) groups is 1. The molecule has 1 heterocycles. The number of anilines is 1. The van der Waals surface area contributed by atoms with E-state index < -0.39 is 10.0 Å². The predicted molar refractivity (Wildman–Crippen MR) is 123 cm³/mol. The van der Waals surface area contributed by atoms with E-state index >= 15 is 0 Å². The van der Waals surface area contributed by atoms with Crippen LogP contribution in [0.2, 0.25) is 0 Å². The first-order valence-corrected chi connectivity index (χ1v) is 12.5. The molecule has 31 heavy (non-hydrogen) atoms. The quantitative estimate of drug-likeness (QED) is 0.595. The van der Waals surface area contributed by atoms with Gasteiger partial charge >= 0.3 is 0 Å². The van der Waals surface area contributed by atoms with E-state index in [1.54, 1.807) is 26.2 Å². The Bertz CT molecular complexity index is 1000. The molecular formula is C22H28N2O5S2. The lowest BCUT2D eigenvalue weighted by Gasteiger charge is -2.26. The topological polar surface area (TPSA) is 84.9 Å². The molecule has 1 amide bonds.